The molecule has 0 rings (SSSR count). The fraction of sp³-hybridized carbons (Fsp3) is 0.714. The predicted octanol–water partition coefficient (Wildman–Crippen LogP) is -0.995. The molecule has 0 radical (unpaired) electrons. The Bertz CT molecular complexity index is 212. The summed E-state index contributed by atoms with van der Waals surface area (Å²) in [7, 11) is 2.65. The molecule has 0 aromatic carbocycles. The fourth-order valence-corrected chi connectivity index (χ4v) is 0.744. The molecular weight excluding hydrogens is 199 g/mol. The van der Waals surface area contributed by atoms with Crippen LogP contribution in [-0.2, 0) is 23.8 Å². The molecule has 0 aromatic heterocycles. The lowest BCUT2D eigenvalue weighted by Gasteiger charge is -2.23. The Labute approximate surface area is 79.6 Å². The van der Waals surface area contributed by atoms with Gasteiger partial charge in [-0.3, -0.25) is 0 Å². The molecule has 1 N–H and O–H groups in total. The molecule has 0 aliphatic rings. The first kappa shape index (κ1) is 12.8. The van der Waals surface area contributed by atoms with Gasteiger partial charge in [-0.2, -0.15) is 0 Å². The van der Waals surface area contributed by atoms with E-state index >= 15 is 0 Å². The molecule has 1 unspecified atom stereocenters. The summed E-state index contributed by atoms with van der Waals surface area (Å²) in [6.45, 7) is 0. The highest BCUT2D eigenvalue weighted by Crippen LogP contribution is 2.21. The molecule has 0 aromatic rings. The van der Waals surface area contributed by atoms with E-state index in [-0.39, 0.29) is 0 Å². The van der Waals surface area contributed by atoms with E-state index in [9.17, 15) is 14.0 Å². The van der Waals surface area contributed by atoms with Crippen LogP contribution in [0.1, 0.15) is 0 Å². The zero-order chi connectivity index (χ0) is 11.4. The van der Waals surface area contributed by atoms with E-state index in [4.69, 9.17) is 5.11 Å². The molecular formula is C7H11FO6. The summed E-state index contributed by atoms with van der Waals surface area (Å²) in [5.74, 6) is -3.17. The smallest absolute Gasteiger partial charge is 0.361 e. The van der Waals surface area contributed by atoms with Gasteiger partial charge in [-0.05, 0) is 0 Å². The number of aliphatic hydroxyl groups is 1. The van der Waals surface area contributed by atoms with Gasteiger partial charge in [0.05, 0.1) is 14.2 Å². The number of ether oxygens (including phenoxy) is 3. The van der Waals surface area contributed by atoms with Crippen LogP contribution in [0.2, 0.25) is 0 Å². The highest BCUT2D eigenvalue weighted by Gasteiger charge is 2.56. The largest absolute Gasteiger partial charge is 0.466 e. The fourth-order valence-electron chi connectivity index (χ4n) is 0.744. The number of halogens is 1. The van der Waals surface area contributed by atoms with Gasteiger partial charge in [-0.1, -0.05) is 0 Å². The van der Waals surface area contributed by atoms with Gasteiger partial charge in [0, 0.05) is 7.11 Å². The molecule has 0 amide bonds. The summed E-state index contributed by atoms with van der Waals surface area (Å²) in [6, 6.07) is 0. The van der Waals surface area contributed by atoms with Crippen molar-refractivity contribution in [2.75, 3.05) is 21.3 Å². The monoisotopic (exact) mass is 210 g/mol. The van der Waals surface area contributed by atoms with E-state index in [1.54, 1.807) is 0 Å². The molecule has 0 aliphatic carbocycles. The molecule has 7 heteroatoms. The first-order chi connectivity index (χ1) is 6.44. The minimum absolute atomic E-state index is 0.863. The van der Waals surface area contributed by atoms with Gasteiger partial charge < -0.3 is 19.3 Å². The Morgan fingerprint density at radius 2 is 1.57 bits per heavy atom. The van der Waals surface area contributed by atoms with Crippen LogP contribution in [0, 0.1) is 0 Å². The number of rotatable bonds is 4. The maximum Gasteiger partial charge on any atom is 0.361 e. The van der Waals surface area contributed by atoms with Crippen LogP contribution < -0.4 is 0 Å². The second-order valence-corrected chi connectivity index (χ2v) is 2.28. The average Bonchev–Trinajstić information content (AvgIpc) is 2.24. The minimum atomic E-state index is -3.36. The van der Waals surface area contributed by atoms with Gasteiger partial charge in [-0.25, -0.2) is 14.0 Å². The Hall–Kier alpha value is -1.21. The van der Waals surface area contributed by atoms with Crippen LogP contribution >= 0.6 is 0 Å². The van der Waals surface area contributed by atoms with Crippen molar-refractivity contribution in [2.45, 2.75) is 12.0 Å². The van der Waals surface area contributed by atoms with E-state index in [1.165, 1.54) is 0 Å². The third kappa shape index (κ3) is 1.99. The van der Waals surface area contributed by atoms with E-state index in [0.29, 0.717) is 0 Å². The van der Waals surface area contributed by atoms with E-state index < -0.39 is 23.9 Å². The van der Waals surface area contributed by atoms with Crippen LogP contribution in [0.3, 0.4) is 0 Å². The maximum absolute atomic E-state index is 13.6. The molecule has 14 heavy (non-hydrogen) atoms. The number of aliphatic hydroxyl groups excluding tert-OH is 1. The van der Waals surface area contributed by atoms with Gasteiger partial charge in [0.15, 0.2) is 0 Å². The van der Waals surface area contributed by atoms with Gasteiger partial charge in [0.25, 0.3) is 0 Å². The Kier molecular flexibility index (Phi) is 4.45. The summed E-state index contributed by atoms with van der Waals surface area (Å²) in [5, 5.41) is 8.98. The number of carbonyl (C=O) groups excluding carboxylic acids is 2. The summed E-state index contributed by atoms with van der Waals surface area (Å²) < 4.78 is 25.8. The second-order valence-electron chi connectivity index (χ2n) is 2.28. The van der Waals surface area contributed by atoms with Crippen LogP contribution in [0.4, 0.5) is 4.39 Å². The molecule has 0 aliphatic heterocycles. The minimum Gasteiger partial charge on any atom is -0.466 e. The lowest BCUT2D eigenvalue weighted by atomic mass is 10.1. The maximum atomic E-state index is 13.6. The number of esters is 2. The van der Waals surface area contributed by atoms with Crippen molar-refractivity contribution < 1.29 is 33.3 Å². The van der Waals surface area contributed by atoms with Gasteiger partial charge in [0.2, 0.25) is 6.29 Å². The van der Waals surface area contributed by atoms with Crippen molar-refractivity contribution in [3.63, 3.8) is 0 Å². The molecule has 0 saturated heterocycles. The van der Waals surface area contributed by atoms with Crippen molar-refractivity contribution in [2.24, 2.45) is 0 Å². The zero-order valence-corrected chi connectivity index (χ0v) is 7.94. The molecule has 1 atom stereocenters. The highest BCUT2D eigenvalue weighted by atomic mass is 19.1. The molecule has 0 spiro atoms. The second kappa shape index (κ2) is 4.87. The van der Waals surface area contributed by atoms with E-state index in [0.717, 1.165) is 21.3 Å². The number of alkyl halides is 1. The lowest BCUT2D eigenvalue weighted by molar-refractivity contribution is -0.209. The van der Waals surface area contributed by atoms with Gasteiger partial charge >= 0.3 is 17.6 Å². The average molecular weight is 210 g/mol. The number of methoxy groups -OCH3 is 3. The number of hydrogen-bond acceptors (Lipinski definition) is 6. The predicted molar refractivity (Wildman–Crippen MR) is 40.9 cm³/mol. The van der Waals surface area contributed by atoms with E-state index in [1.807, 2.05) is 0 Å². The van der Waals surface area contributed by atoms with E-state index in [2.05, 4.69) is 14.2 Å². The zero-order valence-electron chi connectivity index (χ0n) is 7.94. The molecule has 82 valence electrons. The SMILES string of the molecule is COC(=O)C(F)(C(=O)OC)C(O)OC. The number of carbonyl (C=O) groups is 2. The lowest BCUT2D eigenvalue weighted by Crippen LogP contribution is -2.54. The summed E-state index contributed by atoms with van der Waals surface area (Å²) in [4.78, 5) is 21.8. The molecule has 6 nitrogen and oxygen atoms in total. The highest BCUT2D eigenvalue weighted by molar-refractivity contribution is 6.04. The Morgan fingerprint density at radius 3 is 1.79 bits per heavy atom. The normalized spacial score (nSPS) is 13.2. The Balaban J connectivity index is 5.03. The molecule has 0 saturated carbocycles. The summed E-state index contributed by atoms with van der Waals surface area (Å²) in [6.07, 6.45) is -2.28. The third-order valence-electron chi connectivity index (χ3n) is 1.53. The Morgan fingerprint density at radius 1 is 1.21 bits per heavy atom. The first-order valence-electron chi connectivity index (χ1n) is 3.51. The van der Waals surface area contributed by atoms with Gasteiger partial charge in [0.1, 0.15) is 0 Å². The first-order valence-corrected chi connectivity index (χ1v) is 3.51. The molecule has 0 bridgehead atoms. The van der Waals surface area contributed by atoms with Crippen LogP contribution in [0.25, 0.3) is 0 Å². The van der Waals surface area contributed by atoms with Crippen LogP contribution in [0.5, 0.6) is 0 Å². The van der Waals surface area contributed by atoms with Crippen LogP contribution in [-0.4, -0.2) is 50.3 Å². The van der Waals surface area contributed by atoms with Crippen molar-refractivity contribution in [3.8, 4) is 0 Å². The quantitative estimate of drug-likeness (QED) is 0.364. The van der Waals surface area contributed by atoms with Gasteiger partial charge in [-0.15, -0.1) is 0 Å². The number of hydrogen-bond donors (Lipinski definition) is 1. The van der Waals surface area contributed by atoms with Crippen molar-refractivity contribution >= 4 is 11.9 Å². The summed E-state index contributed by atoms with van der Waals surface area (Å²) >= 11 is 0. The van der Waals surface area contributed by atoms with Crippen LogP contribution in [0.15, 0.2) is 0 Å². The summed E-state index contributed by atoms with van der Waals surface area (Å²) in [5.41, 5.74) is -3.36. The van der Waals surface area contributed by atoms with Crippen molar-refractivity contribution in [1.82, 2.24) is 0 Å². The molecule has 0 fully saturated rings. The third-order valence-corrected chi connectivity index (χ3v) is 1.53. The standard InChI is InChI=1S/C7H11FO6/c1-12-4(9)7(8,5(10)13-2)6(11)14-3/h4,9H,1-3H3. The van der Waals surface area contributed by atoms with Crippen molar-refractivity contribution in [1.29, 1.82) is 0 Å². The molecule has 0 heterocycles. The van der Waals surface area contributed by atoms with Crippen molar-refractivity contribution in [3.05, 3.63) is 0 Å². The topological polar surface area (TPSA) is 82.1 Å².